The Bertz CT molecular complexity index is 3610. The molecule has 1 heterocycles. The fourth-order valence-electron chi connectivity index (χ4n) is 11.4. The number of rotatable bonds is 4. The van der Waals surface area contributed by atoms with E-state index in [1.807, 2.05) is 6.07 Å². The number of fused-ring (bicyclic) bond motifs is 15. The van der Waals surface area contributed by atoms with Gasteiger partial charge >= 0.3 is 0 Å². The van der Waals surface area contributed by atoms with E-state index in [0.29, 0.717) is 5.82 Å². The molecule has 2 heteroatoms. The molecule has 2 aliphatic carbocycles. The minimum atomic E-state index is -0.433. The van der Waals surface area contributed by atoms with Gasteiger partial charge in [0.15, 0.2) is 5.82 Å². The van der Waals surface area contributed by atoms with Crippen molar-refractivity contribution in [2.24, 2.45) is 0 Å². The molecule has 0 saturated heterocycles. The minimum Gasteiger partial charge on any atom is -0.228 e. The van der Waals surface area contributed by atoms with Crippen molar-refractivity contribution in [3.05, 3.63) is 252 Å². The van der Waals surface area contributed by atoms with Gasteiger partial charge in [0.05, 0.1) is 16.8 Å². The van der Waals surface area contributed by atoms with Crippen molar-refractivity contribution in [1.29, 1.82) is 0 Å². The summed E-state index contributed by atoms with van der Waals surface area (Å²) in [7, 11) is 0. The van der Waals surface area contributed by atoms with E-state index in [-0.39, 0.29) is 5.41 Å². The van der Waals surface area contributed by atoms with Gasteiger partial charge in [-0.3, -0.25) is 0 Å². The van der Waals surface area contributed by atoms with Gasteiger partial charge in [-0.2, -0.15) is 0 Å². The molecule has 0 atom stereocenters. The number of hydrogen-bond donors (Lipinski definition) is 0. The first-order chi connectivity index (χ1) is 31.5. The van der Waals surface area contributed by atoms with Crippen LogP contribution in [0.3, 0.4) is 0 Å². The van der Waals surface area contributed by atoms with Crippen LogP contribution in [0.25, 0.3) is 88.5 Å². The lowest BCUT2D eigenvalue weighted by atomic mass is 9.55. The third-order valence-electron chi connectivity index (χ3n) is 14.4. The summed E-state index contributed by atoms with van der Waals surface area (Å²) in [5, 5.41) is 7.51. The third kappa shape index (κ3) is 5.20. The highest BCUT2D eigenvalue weighted by atomic mass is 14.9. The molecule has 0 saturated carbocycles. The van der Waals surface area contributed by atoms with Crippen molar-refractivity contribution in [3.8, 4) is 56.2 Å². The lowest BCUT2D eigenvalue weighted by Gasteiger charge is -2.46. The Morgan fingerprint density at radius 2 is 0.734 bits per heavy atom. The van der Waals surface area contributed by atoms with Crippen LogP contribution in [-0.2, 0) is 10.8 Å². The van der Waals surface area contributed by atoms with Crippen LogP contribution in [0.4, 0.5) is 0 Å². The summed E-state index contributed by atoms with van der Waals surface area (Å²) in [5.41, 5.74) is 17.5. The van der Waals surface area contributed by atoms with Gasteiger partial charge in [-0.05, 0) is 106 Å². The molecule has 0 bridgehead atoms. The minimum absolute atomic E-state index is 0.137. The van der Waals surface area contributed by atoms with Gasteiger partial charge in [0.1, 0.15) is 0 Å². The average molecular weight is 815 g/mol. The Morgan fingerprint density at radius 3 is 1.38 bits per heavy atom. The van der Waals surface area contributed by atoms with Crippen molar-refractivity contribution in [3.63, 3.8) is 0 Å². The molecule has 10 aromatic carbocycles. The standard InChI is InChI=1S/C62H42N2/c1-61(2)53-24-12-14-26-55(53)62(56-27-15-13-25-54(56)61)52-23-11-10-22-49(52)50-35-32-42(37-57(50)62)39-28-30-40(31-29-39)58-38-59(64-60(63-58)41-16-4-3-5-17-41)43-33-34-48-46-20-7-6-18-44(46)45-19-8-9-21-47(45)51(48)36-43/h3-38H,1-2H3. The molecule has 2 aliphatic rings. The molecular weight excluding hydrogens is 773 g/mol. The molecule has 2 nitrogen and oxygen atoms in total. The molecule has 0 amide bonds. The van der Waals surface area contributed by atoms with E-state index >= 15 is 0 Å². The van der Waals surface area contributed by atoms with E-state index < -0.39 is 5.41 Å². The van der Waals surface area contributed by atoms with Crippen LogP contribution in [-0.4, -0.2) is 9.97 Å². The topological polar surface area (TPSA) is 25.8 Å². The molecule has 0 aliphatic heterocycles. The van der Waals surface area contributed by atoms with Crippen LogP contribution in [0.2, 0.25) is 0 Å². The van der Waals surface area contributed by atoms with Crippen LogP contribution in [0.15, 0.2) is 218 Å². The highest BCUT2D eigenvalue weighted by Gasteiger charge is 2.53. The second-order valence-electron chi connectivity index (χ2n) is 18.0. The molecule has 1 spiro atoms. The number of aromatic nitrogens is 2. The highest BCUT2D eigenvalue weighted by Crippen LogP contribution is 2.62. The zero-order valence-corrected chi connectivity index (χ0v) is 35.7. The van der Waals surface area contributed by atoms with Crippen molar-refractivity contribution < 1.29 is 0 Å². The summed E-state index contributed by atoms with van der Waals surface area (Å²) in [4.78, 5) is 10.5. The van der Waals surface area contributed by atoms with E-state index in [1.165, 1.54) is 88.0 Å². The van der Waals surface area contributed by atoms with E-state index in [0.717, 1.165) is 28.1 Å². The van der Waals surface area contributed by atoms with Crippen LogP contribution in [0, 0.1) is 0 Å². The SMILES string of the molecule is CC1(C)c2ccccc2C2(c3ccccc3-c3ccc(-c4ccc(-c5cc(-c6ccc7c8ccccc8c8ccccc8c7c6)nc(-c6ccccc6)n5)cc4)cc32)c2ccccc21. The highest BCUT2D eigenvalue weighted by molar-refractivity contribution is 6.25. The van der Waals surface area contributed by atoms with Crippen LogP contribution < -0.4 is 0 Å². The average Bonchev–Trinajstić information content (AvgIpc) is 3.66. The van der Waals surface area contributed by atoms with E-state index in [1.54, 1.807) is 0 Å². The van der Waals surface area contributed by atoms with Gasteiger partial charge in [-0.25, -0.2) is 9.97 Å². The van der Waals surface area contributed by atoms with Crippen molar-refractivity contribution in [2.45, 2.75) is 24.7 Å². The smallest absolute Gasteiger partial charge is 0.160 e. The van der Waals surface area contributed by atoms with Gasteiger partial charge in [-0.1, -0.05) is 214 Å². The molecule has 0 N–H and O–H groups in total. The molecule has 11 aromatic rings. The summed E-state index contributed by atoms with van der Waals surface area (Å²) in [6.45, 7) is 4.76. The molecular formula is C62H42N2. The summed E-state index contributed by atoms with van der Waals surface area (Å²) in [5.74, 6) is 0.709. The summed E-state index contributed by atoms with van der Waals surface area (Å²) in [6, 6.07) is 80.2. The predicted octanol–water partition coefficient (Wildman–Crippen LogP) is 15.6. The van der Waals surface area contributed by atoms with Crippen molar-refractivity contribution >= 4 is 32.3 Å². The second-order valence-corrected chi connectivity index (χ2v) is 18.0. The maximum Gasteiger partial charge on any atom is 0.160 e. The van der Waals surface area contributed by atoms with Gasteiger partial charge in [0, 0.05) is 22.1 Å². The van der Waals surface area contributed by atoms with Gasteiger partial charge < -0.3 is 0 Å². The summed E-state index contributed by atoms with van der Waals surface area (Å²) < 4.78 is 0. The Hall–Kier alpha value is -7.94. The largest absolute Gasteiger partial charge is 0.228 e. The summed E-state index contributed by atoms with van der Waals surface area (Å²) in [6.07, 6.45) is 0. The maximum absolute atomic E-state index is 5.24. The quantitative estimate of drug-likeness (QED) is 0.165. The van der Waals surface area contributed by atoms with Crippen molar-refractivity contribution in [1.82, 2.24) is 9.97 Å². The molecule has 0 fully saturated rings. The maximum atomic E-state index is 5.24. The first-order valence-electron chi connectivity index (χ1n) is 22.3. The zero-order chi connectivity index (χ0) is 42.6. The van der Waals surface area contributed by atoms with E-state index in [4.69, 9.17) is 9.97 Å². The molecule has 0 radical (unpaired) electrons. The Balaban J connectivity index is 0.948. The van der Waals surface area contributed by atoms with Gasteiger partial charge in [0.2, 0.25) is 0 Å². The Labute approximate surface area is 373 Å². The molecule has 1 aromatic heterocycles. The monoisotopic (exact) mass is 814 g/mol. The van der Waals surface area contributed by atoms with Gasteiger partial charge in [0.25, 0.3) is 0 Å². The fourth-order valence-corrected chi connectivity index (χ4v) is 11.4. The number of benzene rings is 10. The Morgan fingerprint density at radius 1 is 0.281 bits per heavy atom. The zero-order valence-electron chi connectivity index (χ0n) is 35.7. The molecule has 300 valence electrons. The first-order valence-corrected chi connectivity index (χ1v) is 22.3. The van der Waals surface area contributed by atoms with Gasteiger partial charge in [-0.15, -0.1) is 0 Å². The lowest BCUT2D eigenvalue weighted by molar-refractivity contribution is 0.563. The van der Waals surface area contributed by atoms with E-state index in [2.05, 4.69) is 226 Å². The first kappa shape index (κ1) is 36.7. The second kappa shape index (κ2) is 13.8. The fraction of sp³-hybridized carbons (Fsp3) is 0.0645. The predicted molar refractivity (Wildman–Crippen MR) is 266 cm³/mol. The van der Waals surface area contributed by atoms with Crippen molar-refractivity contribution in [2.75, 3.05) is 0 Å². The normalized spacial score (nSPS) is 14.0. The number of hydrogen-bond acceptors (Lipinski definition) is 2. The Kier molecular flexibility index (Phi) is 7.90. The summed E-state index contributed by atoms with van der Waals surface area (Å²) >= 11 is 0. The third-order valence-corrected chi connectivity index (χ3v) is 14.4. The molecule has 64 heavy (non-hydrogen) atoms. The van der Waals surface area contributed by atoms with Crippen LogP contribution in [0.1, 0.15) is 47.2 Å². The molecule has 0 unspecified atom stereocenters. The lowest BCUT2D eigenvalue weighted by Crippen LogP contribution is -2.40. The molecule has 13 rings (SSSR count). The van der Waals surface area contributed by atoms with E-state index in [9.17, 15) is 0 Å². The number of nitrogens with zero attached hydrogens (tertiary/aromatic N) is 2. The van der Waals surface area contributed by atoms with Crippen LogP contribution in [0.5, 0.6) is 0 Å². The van der Waals surface area contributed by atoms with Crippen LogP contribution >= 0.6 is 0 Å².